The van der Waals surface area contributed by atoms with Crippen LogP contribution in [0.4, 0.5) is 0 Å². The molecule has 0 aliphatic carbocycles. The minimum atomic E-state index is 0.0545. The molecule has 0 spiro atoms. The number of amidine groups is 1. The Morgan fingerprint density at radius 1 is 1.71 bits per heavy atom. The standard InChI is InChI=1S/C11H21N5O/c1-9(11(12)14-17)7-15(2)5-4-10-6-13-16(3)8-10/h6,8-9,17H,4-5,7H2,1-3H3,(H2,12,14). The van der Waals surface area contributed by atoms with Crippen molar-refractivity contribution in [1.29, 1.82) is 0 Å². The number of likely N-dealkylation sites (N-methyl/N-ethyl adjacent to an activating group) is 1. The highest BCUT2D eigenvalue weighted by molar-refractivity contribution is 5.82. The van der Waals surface area contributed by atoms with Crippen molar-refractivity contribution in [2.75, 3.05) is 20.1 Å². The lowest BCUT2D eigenvalue weighted by molar-refractivity contribution is 0.296. The molecule has 1 atom stereocenters. The van der Waals surface area contributed by atoms with Gasteiger partial charge in [0.2, 0.25) is 0 Å². The molecule has 17 heavy (non-hydrogen) atoms. The van der Waals surface area contributed by atoms with Crippen LogP contribution in [0.5, 0.6) is 0 Å². The van der Waals surface area contributed by atoms with Crippen LogP contribution in [0.15, 0.2) is 17.5 Å². The number of rotatable bonds is 6. The van der Waals surface area contributed by atoms with Crippen molar-refractivity contribution in [2.45, 2.75) is 13.3 Å². The van der Waals surface area contributed by atoms with Crippen molar-refractivity contribution in [2.24, 2.45) is 23.9 Å². The van der Waals surface area contributed by atoms with Crippen molar-refractivity contribution < 1.29 is 5.21 Å². The molecule has 6 heteroatoms. The fourth-order valence-electron chi connectivity index (χ4n) is 1.67. The van der Waals surface area contributed by atoms with Gasteiger partial charge in [-0.15, -0.1) is 0 Å². The van der Waals surface area contributed by atoms with E-state index in [1.54, 1.807) is 4.68 Å². The molecule has 0 radical (unpaired) electrons. The predicted octanol–water partition coefficient (Wildman–Crippen LogP) is 0.277. The number of hydrogen-bond acceptors (Lipinski definition) is 4. The molecule has 1 unspecified atom stereocenters. The lowest BCUT2D eigenvalue weighted by atomic mass is 10.1. The van der Waals surface area contributed by atoms with E-state index in [0.717, 1.165) is 19.5 Å². The van der Waals surface area contributed by atoms with Gasteiger partial charge < -0.3 is 15.8 Å². The molecule has 3 N–H and O–H groups in total. The van der Waals surface area contributed by atoms with Gasteiger partial charge in [0.05, 0.1) is 6.20 Å². The van der Waals surface area contributed by atoms with Crippen LogP contribution in [0.2, 0.25) is 0 Å². The van der Waals surface area contributed by atoms with E-state index in [0.29, 0.717) is 0 Å². The third kappa shape index (κ3) is 4.44. The zero-order valence-corrected chi connectivity index (χ0v) is 10.7. The van der Waals surface area contributed by atoms with Crippen LogP contribution >= 0.6 is 0 Å². The van der Waals surface area contributed by atoms with Gasteiger partial charge in [0.25, 0.3) is 0 Å². The van der Waals surface area contributed by atoms with Crippen LogP contribution in [-0.4, -0.2) is 45.9 Å². The maximum atomic E-state index is 8.56. The normalized spacial score (nSPS) is 14.2. The molecule has 6 nitrogen and oxygen atoms in total. The van der Waals surface area contributed by atoms with Crippen molar-refractivity contribution in [3.05, 3.63) is 18.0 Å². The highest BCUT2D eigenvalue weighted by Crippen LogP contribution is 2.02. The van der Waals surface area contributed by atoms with Gasteiger partial charge >= 0.3 is 0 Å². The van der Waals surface area contributed by atoms with Gasteiger partial charge in [-0.1, -0.05) is 12.1 Å². The molecule has 1 heterocycles. The molecule has 0 aliphatic rings. The predicted molar refractivity (Wildman–Crippen MR) is 67.0 cm³/mol. The number of nitrogens with two attached hydrogens (primary N) is 1. The number of hydrogen-bond donors (Lipinski definition) is 2. The van der Waals surface area contributed by atoms with E-state index < -0.39 is 0 Å². The molecule has 0 bridgehead atoms. The second-order valence-electron chi connectivity index (χ2n) is 4.46. The summed E-state index contributed by atoms with van der Waals surface area (Å²) in [6.45, 7) is 3.64. The van der Waals surface area contributed by atoms with Crippen molar-refractivity contribution in [3.8, 4) is 0 Å². The Balaban J connectivity index is 2.32. The summed E-state index contributed by atoms with van der Waals surface area (Å²) in [7, 11) is 3.94. The molecule has 96 valence electrons. The third-order valence-corrected chi connectivity index (χ3v) is 2.75. The van der Waals surface area contributed by atoms with E-state index >= 15 is 0 Å². The zero-order valence-electron chi connectivity index (χ0n) is 10.7. The summed E-state index contributed by atoms with van der Waals surface area (Å²) in [5, 5.41) is 15.7. The minimum Gasteiger partial charge on any atom is -0.409 e. The molecule has 0 aliphatic heterocycles. The second kappa shape index (κ2) is 6.24. The van der Waals surface area contributed by atoms with Crippen LogP contribution in [0.3, 0.4) is 0 Å². The maximum absolute atomic E-state index is 8.56. The van der Waals surface area contributed by atoms with Gasteiger partial charge in [0.15, 0.2) is 0 Å². The van der Waals surface area contributed by atoms with Gasteiger partial charge in [0, 0.05) is 32.3 Å². The van der Waals surface area contributed by atoms with E-state index in [-0.39, 0.29) is 11.8 Å². The Morgan fingerprint density at radius 3 is 2.94 bits per heavy atom. The fraction of sp³-hybridized carbons (Fsp3) is 0.636. The number of aromatic nitrogens is 2. The Bertz CT molecular complexity index is 374. The largest absolute Gasteiger partial charge is 0.409 e. The number of nitrogens with zero attached hydrogens (tertiary/aromatic N) is 4. The van der Waals surface area contributed by atoms with Gasteiger partial charge in [-0.3, -0.25) is 4.68 Å². The lowest BCUT2D eigenvalue weighted by Crippen LogP contribution is -2.33. The first kappa shape index (κ1) is 13.5. The van der Waals surface area contributed by atoms with E-state index in [2.05, 4.69) is 15.2 Å². The average molecular weight is 239 g/mol. The molecule has 1 rings (SSSR count). The molecule has 0 aromatic carbocycles. The molecule has 0 saturated heterocycles. The Kier molecular flexibility index (Phi) is 4.96. The van der Waals surface area contributed by atoms with E-state index in [9.17, 15) is 0 Å². The van der Waals surface area contributed by atoms with E-state index in [4.69, 9.17) is 10.9 Å². The second-order valence-corrected chi connectivity index (χ2v) is 4.46. The van der Waals surface area contributed by atoms with E-state index in [1.165, 1.54) is 5.56 Å². The van der Waals surface area contributed by atoms with Crippen molar-refractivity contribution >= 4 is 5.84 Å². The summed E-state index contributed by atoms with van der Waals surface area (Å²) in [5.41, 5.74) is 6.75. The summed E-state index contributed by atoms with van der Waals surface area (Å²) in [4.78, 5) is 2.16. The quantitative estimate of drug-likeness (QED) is 0.323. The smallest absolute Gasteiger partial charge is 0.143 e. The Hall–Kier alpha value is -1.56. The minimum absolute atomic E-state index is 0.0545. The average Bonchev–Trinajstić information content (AvgIpc) is 2.71. The Labute approximate surface area is 102 Å². The third-order valence-electron chi connectivity index (χ3n) is 2.75. The topological polar surface area (TPSA) is 79.7 Å². The van der Waals surface area contributed by atoms with Crippen LogP contribution in [0.25, 0.3) is 0 Å². The van der Waals surface area contributed by atoms with Crippen molar-refractivity contribution in [3.63, 3.8) is 0 Å². The number of oxime groups is 1. The molecule has 0 saturated carbocycles. The fourth-order valence-corrected chi connectivity index (χ4v) is 1.67. The van der Waals surface area contributed by atoms with E-state index in [1.807, 2.05) is 33.4 Å². The van der Waals surface area contributed by atoms with Gasteiger partial charge in [-0.2, -0.15) is 5.10 Å². The first-order chi connectivity index (χ1) is 8.02. The highest BCUT2D eigenvalue weighted by Gasteiger charge is 2.10. The summed E-state index contributed by atoms with van der Waals surface area (Å²) < 4.78 is 1.80. The summed E-state index contributed by atoms with van der Waals surface area (Å²) in [6, 6.07) is 0. The van der Waals surface area contributed by atoms with Gasteiger partial charge in [-0.05, 0) is 19.0 Å². The highest BCUT2D eigenvalue weighted by atomic mass is 16.4. The molecule has 1 aromatic rings. The Morgan fingerprint density at radius 2 is 2.41 bits per heavy atom. The van der Waals surface area contributed by atoms with Crippen LogP contribution < -0.4 is 5.73 Å². The molecular weight excluding hydrogens is 218 g/mol. The monoisotopic (exact) mass is 239 g/mol. The molecule has 0 fully saturated rings. The van der Waals surface area contributed by atoms with Crippen LogP contribution in [0.1, 0.15) is 12.5 Å². The molecular formula is C11H21N5O. The van der Waals surface area contributed by atoms with Crippen LogP contribution in [0, 0.1) is 5.92 Å². The molecule has 1 aromatic heterocycles. The van der Waals surface area contributed by atoms with Gasteiger partial charge in [0.1, 0.15) is 5.84 Å². The first-order valence-electron chi connectivity index (χ1n) is 5.66. The van der Waals surface area contributed by atoms with Gasteiger partial charge in [-0.25, -0.2) is 0 Å². The summed E-state index contributed by atoms with van der Waals surface area (Å²) >= 11 is 0. The lowest BCUT2D eigenvalue weighted by Gasteiger charge is -2.20. The zero-order chi connectivity index (χ0) is 12.8. The maximum Gasteiger partial charge on any atom is 0.143 e. The SMILES string of the molecule is CC(CN(C)CCc1cnn(C)c1)C(N)=NO. The summed E-state index contributed by atoms with van der Waals surface area (Å²) in [5.74, 6) is 0.331. The first-order valence-corrected chi connectivity index (χ1v) is 5.66. The number of aryl methyl sites for hydroxylation is 1. The van der Waals surface area contributed by atoms with Crippen molar-refractivity contribution in [1.82, 2.24) is 14.7 Å². The molecule has 0 amide bonds. The van der Waals surface area contributed by atoms with Crippen LogP contribution in [-0.2, 0) is 13.5 Å². The summed E-state index contributed by atoms with van der Waals surface area (Å²) in [6.07, 6.45) is 4.84.